The summed E-state index contributed by atoms with van der Waals surface area (Å²) in [6.45, 7) is 6.26. The zero-order valence-electron chi connectivity index (χ0n) is 16.8. The molecule has 0 bridgehead atoms. The van der Waals surface area contributed by atoms with Crippen LogP contribution in [0.5, 0.6) is 0 Å². The fourth-order valence-corrected chi connectivity index (χ4v) is 3.56. The van der Waals surface area contributed by atoms with Gasteiger partial charge in [0, 0.05) is 17.8 Å². The second kappa shape index (κ2) is 9.89. The van der Waals surface area contributed by atoms with Gasteiger partial charge in [-0.25, -0.2) is 0 Å². The molecule has 2 aromatic rings. The van der Waals surface area contributed by atoms with Crippen LogP contribution in [0, 0.1) is 11.3 Å². The van der Waals surface area contributed by atoms with Gasteiger partial charge in [0.15, 0.2) is 12.3 Å². The molecule has 2 heterocycles. The molecular weight excluding hydrogens is 368 g/mol. The second-order valence-corrected chi connectivity index (χ2v) is 7.32. The molecule has 0 atom stereocenters. The van der Waals surface area contributed by atoms with Crippen molar-refractivity contribution >= 4 is 17.4 Å². The van der Waals surface area contributed by atoms with Gasteiger partial charge in [0.1, 0.15) is 5.76 Å². The lowest BCUT2D eigenvalue weighted by atomic mass is 10.1. The average Bonchev–Trinajstić information content (AvgIpc) is 3.25. The topological polar surface area (TPSA) is 82.0 Å². The number of piperazine rings is 1. The molecule has 29 heavy (non-hydrogen) atoms. The van der Waals surface area contributed by atoms with E-state index in [0.29, 0.717) is 26.1 Å². The maximum absolute atomic E-state index is 12.8. The Morgan fingerprint density at radius 1 is 1.21 bits per heavy atom. The highest BCUT2D eigenvalue weighted by Gasteiger charge is 2.25. The van der Waals surface area contributed by atoms with Crippen LogP contribution in [0.2, 0.25) is 0 Å². The molecular formula is C22H27N4O3+. The molecule has 0 radical (unpaired) electrons. The summed E-state index contributed by atoms with van der Waals surface area (Å²) in [6, 6.07) is 13.5. The maximum atomic E-state index is 12.8. The van der Waals surface area contributed by atoms with Gasteiger partial charge in [0.25, 0.3) is 5.91 Å². The number of nitriles is 1. The molecule has 7 heteroatoms. The Kier molecular flexibility index (Phi) is 7.04. The number of Topliss-reactive ketones (excluding diaryl/α,β-unsaturated/α-hetero) is 1. The lowest BCUT2D eigenvalue weighted by Gasteiger charge is -2.34. The highest BCUT2D eigenvalue weighted by Crippen LogP contribution is 2.15. The number of carbonyl (C=O) groups is 2. The predicted octanol–water partition coefficient (Wildman–Crippen LogP) is 1.13. The largest absolute Gasteiger partial charge is 0.467 e. The van der Waals surface area contributed by atoms with E-state index in [0.717, 1.165) is 43.2 Å². The predicted molar refractivity (Wildman–Crippen MR) is 109 cm³/mol. The van der Waals surface area contributed by atoms with Gasteiger partial charge in [-0.2, -0.15) is 5.26 Å². The third kappa shape index (κ3) is 5.69. The first-order valence-electron chi connectivity index (χ1n) is 9.93. The summed E-state index contributed by atoms with van der Waals surface area (Å²) in [4.78, 5) is 29.5. The maximum Gasteiger partial charge on any atom is 0.278 e. The number of ketones is 1. The third-order valence-corrected chi connectivity index (χ3v) is 5.28. The fourth-order valence-electron chi connectivity index (χ4n) is 3.56. The molecule has 0 unspecified atom stereocenters. The SMILES string of the molecule is CC(=O)c1ccc(N2CC[NH+](CC(=O)N(CCC#N)Cc3ccco3)CC2)cc1. The summed E-state index contributed by atoms with van der Waals surface area (Å²) in [5.74, 6) is 0.843. The summed E-state index contributed by atoms with van der Waals surface area (Å²) in [7, 11) is 0. The molecule has 0 saturated carbocycles. The standard InChI is InChI=1S/C22H26N4O3/c1-18(27)19-5-7-20(8-6-19)25-13-11-24(12-14-25)17-22(28)26(10-3-9-23)16-21-4-2-15-29-21/h2,4-8,15H,3,10-14,16-17H2,1H3/p+1. The molecule has 0 spiro atoms. The quantitative estimate of drug-likeness (QED) is 0.678. The van der Waals surface area contributed by atoms with Crippen molar-refractivity contribution in [3.8, 4) is 6.07 Å². The Labute approximate surface area is 171 Å². The summed E-state index contributed by atoms with van der Waals surface area (Å²) < 4.78 is 5.36. The smallest absolute Gasteiger partial charge is 0.278 e. The highest BCUT2D eigenvalue weighted by atomic mass is 16.3. The van der Waals surface area contributed by atoms with Crippen LogP contribution in [-0.4, -0.2) is 55.9 Å². The van der Waals surface area contributed by atoms with E-state index in [-0.39, 0.29) is 11.7 Å². The van der Waals surface area contributed by atoms with Crippen molar-refractivity contribution in [1.29, 1.82) is 5.26 Å². The van der Waals surface area contributed by atoms with E-state index >= 15 is 0 Å². The van der Waals surface area contributed by atoms with E-state index in [4.69, 9.17) is 9.68 Å². The minimum Gasteiger partial charge on any atom is -0.467 e. The van der Waals surface area contributed by atoms with Crippen molar-refractivity contribution in [2.24, 2.45) is 0 Å². The first-order chi connectivity index (χ1) is 14.1. The summed E-state index contributed by atoms with van der Waals surface area (Å²) >= 11 is 0. The lowest BCUT2D eigenvalue weighted by Crippen LogP contribution is -3.15. The first-order valence-corrected chi connectivity index (χ1v) is 9.93. The van der Waals surface area contributed by atoms with Crippen LogP contribution in [0.15, 0.2) is 47.1 Å². The Balaban J connectivity index is 1.52. The first kappa shape index (κ1) is 20.6. The van der Waals surface area contributed by atoms with Crippen LogP contribution in [0.4, 0.5) is 5.69 Å². The minimum atomic E-state index is 0.0471. The van der Waals surface area contributed by atoms with Crippen LogP contribution in [-0.2, 0) is 11.3 Å². The van der Waals surface area contributed by atoms with Crippen molar-refractivity contribution in [2.45, 2.75) is 19.9 Å². The number of nitrogens with one attached hydrogen (secondary N) is 1. The van der Waals surface area contributed by atoms with Crippen molar-refractivity contribution in [1.82, 2.24) is 4.90 Å². The molecule has 0 aliphatic carbocycles. The average molecular weight is 395 g/mol. The van der Waals surface area contributed by atoms with Gasteiger partial charge in [-0.1, -0.05) is 0 Å². The molecule has 1 aromatic heterocycles. The number of nitrogens with zero attached hydrogens (tertiary/aromatic N) is 3. The van der Waals surface area contributed by atoms with Crippen molar-refractivity contribution in [3.05, 3.63) is 54.0 Å². The molecule has 3 rings (SSSR count). The van der Waals surface area contributed by atoms with Gasteiger partial charge in [0.05, 0.1) is 51.5 Å². The van der Waals surface area contributed by atoms with E-state index in [1.54, 1.807) is 24.2 Å². The summed E-state index contributed by atoms with van der Waals surface area (Å²) in [5, 5.41) is 8.89. The Bertz CT molecular complexity index is 847. The number of benzene rings is 1. The van der Waals surface area contributed by atoms with E-state index in [2.05, 4.69) is 11.0 Å². The Hall–Kier alpha value is -3.11. The summed E-state index contributed by atoms with van der Waals surface area (Å²) in [6.07, 6.45) is 1.90. The fraction of sp³-hybridized carbons (Fsp3) is 0.409. The zero-order chi connectivity index (χ0) is 20.6. The Morgan fingerprint density at radius 3 is 2.52 bits per heavy atom. The van der Waals surface area contributed by atoms with Crippen LogP contribution in [0.3, 0.4) is 0 Å². The van der Waals surface area contributed by atoms with E-state index < -0.39 is 0 Å². The molecule has 7 nitrogen and oxygen atoms in total. The number of furan rings is 1. The monoisotopic (exact) mass is 395 g/mol. The third-order valence-electron chi connectivity index (χ3n) is 5.28. The molecule has 1 aliphatic heterocycles. The van der Waals surface area contributed by atoms with Gasteiger partial charge in [-0.3, -0.25) is 9.59 Å². The van der Waals surface area contributed by atoms with Crippen molar-refractivity contribution in [3.63, 3.8) is 0 Å². The molecule has 1 fully saturated rings. The number of quaternary nitrogens is 1. The van der Waals surface area contributed by atoms with E-state index in [1.165, 1.54) is 4.90 Å². The van der Waals surface area contributed by atoms with Gasteiger partial charge in [-0.15, -0.1) is 0 Å². The van der Waals surface area contributed by atoms with E-state index in [1.807, 2.05) is 30.3 Å². The number of anilines is 1. The van der Waals surface area contributed by atoms with Crippen LogP contribution in [0.25, 0.3) is 0 Å². The molecule has 1 amide bonds. The molecule has 1 saturated heterocycles. The van der Waals surface area contributed by atoms with Crippen molar-refractivity contribution < 1.29 is 18.9 Å². The molecule has 1 N–H and O–H groups in total. The molecule has 152 valence electrons. The Morgan fingerprint density at radius 2 is 1.93 bits per heavy atom. The van der Waals surface area contributed by atoms with E-state index in [9.17, 15) is 9.59 Å². The number of rotatable bonds is 8. The summed E-state index contributed by atoms with van der Waals surface area (Å²) in [5.41, 5.74) is 1.83. The minimum absolute atomic E-state index is 0.0471. The van der Waals surface area contributed by atoms with Gasteiger partial charge >= 0.3 is 0 Å². The van der Waals surface area contributed by atoms with Gasteiger partial charge in [-0.05, 0) is 43.3 Å². The van der Waals surface area contributed by atoms with Crippen LogP contribution < -0.4 is 9.80 Å². The number of amides is 1. The second-order valence-electron chi connectivity index (χ2n) is 7.32. The molecule has 1 aliphatic rings. The highest BCUT2D eigenvalue weighted by molar-refractivity contribution is 5.94. The van der Waals surface area contributed by atoms with Gasteiger partial charge in [0.2, 0.25) is 0 Å². The van der Waals surface area contributed by atoms with Crippen LogP contribution in [0.1, 0.15) is 29.5 Å². The lowest BCUT2D eigenvalue weighted by molar-refractivity contribution is -0.892. The number of carbonyl (C=O) groups excluding carboxylic acids is 2. The molecule has 1 aromatic carbocycles. The van der Waals surface area contributed by atoms with Crippen LogP contribution >= 0.6 is 0 Å². The van der Waals surface area contributed by atoms with Crippen molar-refractivity contribution in [2.75, 3.05) is 44.2 Å². The number of hydrogen-bond acceptors (Lipinski definition) is 5. The number of hydrogen-bond donors (Lipinski definition) is 1. The zero-order valence-corrected chi connectivity index (χ0v) is 16.8. The normalized spacial score (nSPS) is 14.4. The van der Waals surface area contributed by atoms with Gasteiger partial charge < -0.3 is 19.1 Å².